The molecule has 0 aliphatic carbocycles. The van der Waals surface area contributed by atoms with Crippen LogP contribution >= 0.6 is 34.4 Å². The van der Waals surface area contributed by atoms with Crippen LogP contribution in [0.15, 0.2) is 9.13 Å². The Hall–Kier alpha value is -1.98. The quantitative estimate of drug-likeness (QED) is 0.279. The first-order valence-corrected chi connectivity index (χ1v) is 11.9. The number of nitrogens with one attached hydrogen (secondary N) is 2. The van der Waals surface area contributed by atoms with Crippen molar-refractivity contribution >= 4 is 55.8 Å². The number of esters is 1. The lowest BCUT2D eigenvalue weighted by molar-refractivity contribution is 0.0531. The van der Waals surface area contributed by atoms with Gasteiger partial charge in [-0.15, -0.1) is 21.5 Å². The number of fused-ring (bicyclic) bond motifs is 1. The topological polar surface area (TPSA) is 110 Å². The van der Waals surface area contributed by atoms with Crippen molar-refractivity contribution in [2.75, 3.05) is 18.5 Å². The Balaban J connectivity index is 1.80. The highest BCUT2D eigenvalue weighted by atomic mass is 32.2. The zero-order valence-electron chi connectivity index (χ0n) is 16.7. The standard InChI is InChI=1S/C18H23N5O3S3/c1-5-7-8-19-17-22-23-18(29-17)27-10(4)13-20-14(24)11-9(3)12(16(25)26-6-2)28-15(11)21-13/h10H,5-8H2,1-4H3,(H,19,22)(H,20,21,24). The van der Waals surface area contributed by atoms with E-state index in [1.807, 2.05) is 6.92 Å². The molecule has 0 amide bonds. The number of unbranched alkanes of at least 4 members (excludes halogenated alkanes) is 1. The van der Waals surface area contributed by atoms with Crippen LogP contribution < -0.4 is 10.9 Å². The molecule has 29 heavy (non-hydrogen) atoms. The van der Waals surface area contributed by atoms with Gasteiger partial charge in [0.15, 0.2) is 4.34 Å². The maximum atomic E-state index is 12.6. The van der Waals surface area contributed by atoms with Gasteiger partial charge in [-0.1, -0.05) is 36.4 Å². The number of H-pyrrole nitrogens is 1. The molecule has 0 fully saturated rings. The average Bonchev–Trinajstić information content (AvgIpc) is 3.26. The summed E-state index contributed by atoms with van der Waals surface area (Å²) in [6.45, 7) is 8.74. The summed E-state index contributed by atoms with van der Waals surface area (Å²) in [6.07, 6.45) is 2.20. The molecule has 0 aliphatic heterocycles. The highest BCUT2D eigenvalue weighted by molar-refractivity contribution is 8.01. The van der Waals surface area contributed by atoms with Gasteiger partial charge in [-0.3, -0.25) is 4.79 Å². The summed E-state index contributed by atoms with van der Waals surface area (Å²) in [5.74, 6) is 0.119. The molecule has 1 atom stereocenters. The third kappa shape index (κ3) is 4.96. The van der Waals surface area contributed by atoms with Crippen molar-refractivity contribution in [3.8, 4) is 0 Å². The van der Waals surface area contributed by atoms with Crippen LogP contribution in [-0.4, -0.2) is 39.3 Å². The number of thiophene rings is 1. The van der Waals surface area contributed by atoms with E-state index in [2.05, 4.69) is 32.4 Å². The lowest BCUT2D eigenvalue weighted by Gasteiger charge is -2.07. The highest BCUT2D eigenvalue weighted by Crippen LogP contribution is 2.37. The van der Waals surface area contributed by atoms with Crippen LogP contribution in [0.5, 0.6) is 0 Å². The van der Waals surface area contributed by atoms with Gasteiger partial charge in [-0.25, -0.2) is 9.78 Å². The molecule has 1 unspecified atom stereocenters. The fourth-order valence-electron chi connectivity index (χ4n) is 2.65. The van der Waals surface area contributed by atoms with E-state index in [4.69, 9.17) is 4.74 Å². The summed E-state index contributed by atoms with van der Waals surface area (Å²) < 4.78 is 5.88. The molecule has 2 N–H and O–H groups in total. The van der Waals surface area contributed by atoms with Crippen molar-refractivity contribution < 1.29 is 9.53 Å². The molecule has 0 radical (unpaired) electrons. The van der Waals surface area contributed by atoms with Crippen LogP contribution in [0.25, 0.3) is 10.2 Å². The van der Waals surface area contributed by atoms with E-state index in [1.165, 1.54) is 34.4 Å². The molecule has 0 aromatic carbocycles. The molecule has 11 heteroatoms. The van der Waals surface area contributed by atoms with Gasteiger partial charge in [0, 0.05) is 6.54 Å². The summed E-state index contributed by atoms with van der Waals surface area (Å²) >= 11 is 4.16. The van der Waals surface area contributed by atoms with Crippen molar-refractivity contribution in [1.82, 2.24) is 20.2 Å². The molecular formula is C18H23N5O3S3. The summed E-state index contributed by atoms with van der Waals surface area (Å²) in [7, 11) is 0. The van der Waals surface area contributed by atoms with Gasteiger partial charge in [-0.05, 0) is 32.8 Å². The van der Waals surface area contributed by atoms with Gasteiger partial charge in [0.1, 0.15) is 15.5 Å². The Bertz CT molecular complexity index is 1060. The van der Waals surface area contributed by atoms with Crippen LogP contribution in [0.1, 0.15) is 59.9 Å². The second kappa shape index (κ2) is 9.68. The third-order valence-electron chi connectivity index (χ3n) is 4.16. The smallest absolute Gasteiger partial charge is 0.348 e. The van der Waals surface area contributed by atoms with E-state index >= 15 is 0 Å². The molecule has 0 spiro atoms. The first-order valence-electron chi connectivity index (χ1n) is 9.39. The van der Waals surface area contributed by atoms with Gasteiger partial charge in [0.2, 0.25) is 5.13 Å². The normalized spacial score (nSPS) is 12.3. The van der Waals surface area contributed by atoms with Crippen molar-refractivity contribution in [3.63, 3.8) is 0 Å². The average molecular weight is 454 g/mol. The van der Waals surface area contributed by atoms with E-state index < -0.39 is 5.97 Å². The second-order valence-corrected chi connectivity index (χ2v) is 9.89. The summed E-state index contributed by atoms with van der Waals surface area (Å²) in [6, 6.07) is 0. The predicted molar refractivity (Wildman–Crippen MR) is 119 cm³/mol. The molecule has 3 rings (SSSR count). The molecule has 3 heterocycles. The van der Waals surface area contributed by atoms with Gasteiger partial charge < -0.3 is 15.0 Å². The van der Waals surface area contributed by atoms with E-state index in [0.717, 1.165) is 28.9 Å². The molecule has 3 aromatic rings. The number of ether oxygens (including phenoxy) is 1. The van der Waals surface area contributed by atoms with Crippen LogP contribution in [-0.2, 0) is 4.74 Å². The minimum absolute atomic E-state index is 0.128. The monoisotopic (exact) mass is 453 g/mol. The Kier molecular flexibility index (Phi) is 7.25. The molecule has 8 nitrogen and oxygen atoms in total. The summed E-state index contributed by atoms with van der Waals surface area (Å²) in [5.41, 5.74) is 0.358. The van der Waals surface area contributed by atoms with E-state index in [1.54, 1.807) is 13.8 Å². The Morgan fingerprint density at radius 1 is 1.31 bits per heavy atom. The Labute approximate surface area is 180 Å². The number of aryl methyl sites for hydroxylation is 1. The number of rotatable bonds is 9. The number of nitrogens with zero attached hydrogens (tertiary/aromatic N) is 3. The number of aromatic amines is 1. The Morgan fingerprint density at radius 3 is 2.83 bits per heavy atom. The number of hydrogen-bond donors (Lipinski definition) is 2. The number of carbonyl (C=O) groups is 1. The van der Waals surface area contributed by atoms with E-state index in [-0.39, 0.29) is 17.4 Å². The fourth-order valence-corrected chi connectivity index (χ4v) is 5.71. The molecule has 3 aromatic heterocycles. The highest BCUT2D eigenvalue weighted by Gasteiger charge is 2.22. The molecule has 0 saturated carbocycles. The SMILES string of the molecule is CCCCNc1nnc(SC(C)c2nc3sc(C(=O)OCC)c(C)c3c(=O)[nH]2)s1. The van der Waals surface area contributed by atoms with Gasteiger partial charge in [-0.2, -0.15) is 0 Å². The number of thioether (sulfide) groups is 1. The lowest BCUT2D eigenvalue weighted by atomic mass is 10.2. The van der Waals surface area contributed by atoms with E-state index in [9.17, 15) is 9.59 Å². The predicted octanol–water partition coefficient (Wildman–Crippen LogP) is 4.39. The Morgan fingerprint density at radius 2 is 2.10 bits per heavy atom. The number of hydrogen-bond acceptors (Lipinski definition) is 10. The fraction of sp³-hybridized carbons (Fsp3) is 0.500. The number of aromatic nitrogens is 4. The summed E-state index contributed by atoms with van der Waals surface area (Å²) in [5, 5.41) is 12.7. The van der Waals surface area contributed by atoms with Crippen molar-refractivity contribution in [2.24, 2.45) is 0 Å². The zero-order valence-corrected chi connectivity index (χ0v) is 19.1. The third-order valence-corrected chi connectivity index (χ3v) is 7.40. The largest absolute Gasteiger partial charge is 0.462 e. The van der Waals surface area contributed by atoms with E-state index in [0.29, 0.717) is 26.5 Å². The van der Waals surface area contributed by atoms with Crippen molar-refractivity contribution in [3.05, 3.63) is 26.6 Å². The second-order valence-electron chi connectivity index (χ2n) is 6.32. The molecule has 0 saturated heterocycles. The van der Waals surface area contributed by atoms with Crippen LogP contribution in [0.3, 0.4) is 0 Å². The molecular weight excluding hydrogens is 430 g/mol. The van der Waals surface area contributed by atoms with Gasteiger partial charge >= 0.3 is 5.97 Å². The van der Waals surface area contributed by atoms with Crippen LogP contribution in [0.2, 0.25) is 0 Å². The van der Waals surface area contributed by atoms with Gasteiger partial charge in [0.25, 0.3) is 5.56 Å². The first kappa shape index (κ1) is 21.7. The molecule has 0 bridgehead atoms. The van der Waals surface area contributed by atoms with Crippen molar-refractivity contribution in [2.45, 2.75) is 50.1 Å². The first-order chi connectivity index (χ1) is 13.9. The number of carbonyl (C=O) groups excluding carboxylic acids is 1. The molecule has 0 aliphatic rings. The summed E-state index contributed by atoms with van der Waals surface area (Å²) in [4.78, 5) is 33.2. The maximum Gasteiger partial charge on any atom is 0.348 e. The van der Waals surface area contributed by atoms with Crippen molar-refractivity contribution in [1.29, 1.82) is 0 Å². The minimum Gasteiger partial charge on any atom is -0.462 e. The lowest BCUT2D eigenvalue weighted by Crippen LogP contribution is -2.12. The number of anilines is 1. The maximum absolute atomic E-state index is 12.6. The zero-order chi connectivity index (χ0) is 21.0. The minimum atomic E-state index is -0.423. The van der Waals surface area contributed by atoms with Crippen LogP contribution in [0, 0.1) is 6.92 Å². The van der Waals surface area contributed by atoms with Crippen LogP contribution in [0.4, 0.5) is 5.13 Å². The molecule has 156 valence electrons. The van der Waals surface area contributed by atoms with Gasteiger partial charge in [0.05, 0.1) is 17.2 Å².